The first kappa shape index (κ1) is 15.4. The summed E-state index contributed by atoms with van der Waals surface area (Å²) in [5.74, 6) is 2.16. The summed E-state index contributed by atoms with van der Waals surface area (Å²) in [6, 6.07) is 0.872. The van der Waals surface area contributed by atoms with Crippen molar-refractivity contribution in [1.29, 1.82) is 0 Å². The smallest absolute Gasteiger partial charge is 0.227 e. The number of ether oxygens (including phenoxy) is 1. The maximum atomic E-state index is 5.95. The Hall–Kier alpha value is -1.14. The zero-order valence-corrected chi connectivity index (χ0v) is 14.3. The molecule has 0 spiro atoms. The third kappa shape index (κ3) is 3.38. The molecule has 128 valence electrons. The minimum absolute atomic E-state index is 0.330. The van der Waals surface area contributed by atoms with E-state index in [1.54, 1.807) is 0 Å². The molecule has 0 radical (unpaired) electrons. The van der Waals surface area contributed by atoms with Crippen molar-refractivity contribution in [2.24, 2.45) is 0 Å². The van der Waals surface area contributed by atoms with E-state index >= 15 is 0 Å². The average Bonchev–Trinajstić information content (AvgIpc) is 3.38. The van der Waals surface area contributed by atoms with Crippen LogP contribution >= 0.6 is 0 Å². The number of anilines is 1. The van der Waals surface area contributed by atoms with Crippen LogP contribution in [0.1, 0.15) is 44.9 Å². The highest BCUT2D eigenvalue weighted by atomic mass is 16.5. The van der Waals surface area contributed by atoms with Crippen molar-refractivity contribution in [3.8, 4) is 0 Å². The Morgan fingerprint density at radius 3 is 2.52 bits per heavy atom. The molecule has 6 nitrogen and oxygen atoms in total. The van der Waals surface area contributed by atoms with E-state index < -0.39 is 0 Å². The first-order chi connectivity index (χ1) is 11.3. The molecular weight excluding hydrogens is 290 g/mol. The highest BCUT2D eigenvalue weighted by Crippen LogP contribution is 2.28. The lowest BCUT2D eigenvalue weighted by atomic mass is 10.1. The van der Waals surface area contributed by atoms with Crippen molar-refractivity contribution in [3.05, 3.63) is 5.82 Å². The third-order valence-corrected chi connectivity index (χ3v) is 5.44. The standard InChI is InChI=1S/C17H29N5O/c1-2-16-18-19-17(22(16)13-15-5-3-4-12-23-15)21-10-8-20(9-11-21)14-6-7-14/h14-15H,2-13H2,1H3. The van der Waals surface area contributed by atoms with Gasteiger partial charge in [0.2, 0.25) is 5.95 Å². The molecule has 3 aliphatic rings. The number of piperazine rings is 1. The van der Waals surface area contributed by atoms with E-state index in [0.29, 0.717) is 6.10 Å². The molecule has 1 saturated carbocycles. The van der Waals surface area contributed by atoms with Crippen LogP contribution in [0.25, 0.3) is 0 Å². The van der Waals surface area contributed by atoms with Gasteiger partial charge in [-0.15, -0.1) is 10.2 Å². The van der Waals surface area contributed by atoms with Crippen LogP contribution in [0, 0.1) is 0 Å². The summed E-state index contributed by atoms with van der Waals surface area (Å²) in [4.78, 5) is 5.07. The van der Waals surface area contributed by atoms with Crippen LogP contribution in [0.2, 0.25) is 0 Å². The minimum Gasteiger partial charge on any atom is -0.376 e. The second kappa shape index (κ2) is 6.77. The van der Waals surface area contributed by atoms with Gasteiger partial charge < -0.3 is 9.64 Å². The lowest BCUT2D eigenvalue weighted by molar-refractivity contribution is 0.00568. The van der Waals surface area contributed by atoms with Crippen LogP contribution in [0.15, 0.2) is 0 Å². The summed E-state index contributed by atoms with van der Waals surface area (Å²) < 4.78 is 8.27. The van der Waals surface area contributed by atoms with Crippen molar-refractivity contribution in [3.63, 3.8) is 0 Å². The molecule has 1 unspecified atom stereocenters. The summed E-state index contributed by atoms with van der Waals surface area (Å²) in [6.07, 6.45) is 7.71. The fourth-order valence-corrected chi connectivity index (χ4v) is 3.89. The highest BCUT2D eigenvalue weighted by Gasteiger charge is 2.32. The Morgan fingerprint density at radius 1 is 1.04 bits per heavy atom. The summed E-state index contributed by atoms with van der Waals surface area (Å²) in [7, 11) is 0. The van der Waals surface area contributed by atoms with E-state index in [9.17, 15) is 0 Å². The Bertz CT molecular complexity index is 513. The van der Waals surface area contributed by atoms with E-state index in [1.165, 1.54) is 38.8 Å². The third-order valence-electron chi connectivity index (χ3n) is 5.44. The number of aromatic nitrogens is 3. The van der Waals surface area contributed by atoms with Crippen LogP contribution in [0.4, 0.5) is 5.95 Å². The van der Waals surface area contributed by atoms with Crippen LogP contribution in [0.5, 0.6) is 0 Å². The molecule has 1 atom stereocenters. The molecule has 0 aromatic carbocycles. The van der Waals surface area contributed by atoms with Crippen LogP contribution in [0.3, 0.4) is 0 Å². The topological polar surface area (TPSA) is 46.4 Å². The number of rotatable bonds is 5. The van der Waals surface area contributed by atoms with Gasteiger partial charge in [0.25, 0.3) is 0 Å². The molecule has 0 bridgehead atoms. The normalized spacial score (nSPS) is 26.7. The van der Waals surface area contributed by atoms with Crippen LogP contribution in [-0.4, -0.2) is 64.6 Å². The lowest BCUT2D eigenvalue weighted by Crippen LogP contribution is -2.48. The zero-order chi connectivity index (χ0) is 15.6. The molecule has 4 rings (SSSR count). The molecule has 0 amide bonds. The van der Waals surface area contributed by atoms with Gasteiger partial charge in [0.1, 0.15) is 5.82 Å². The molecule has 1 aromatic heterocycles. The molecule has 2 aliphatic heterocycles. The Morgan fingerprint density at radius 2 is 1.87 bits per heavy atom. The molecule has 3 fully saturated rings. The van der Waals surface area contributed by atoms with Gasteiger partial charge in [-0.2, -0.15) is 0 Å². The Balaban J connectivity index is 1.45. The fourth-order valence-electron chi connectivity index (χ4n) is 3.89. The fraction of sp³-hybridized carbons (Fsp3) is 0.882. The van der Waals surface area contributed by atoms with E-state index in [-0.39, 0.29) is 0 Å². The Labute approximate surface area is 138 Å². The van der Waals surface area contributed by atoms with E-state index in [0.717, 1.165) is 56.9 Å². The Kier molecular flexibility index (Phi) is 4.53. The quantitative estimate of drug-likeness (QED) is 0.826. The highest BCUT2D eigenvalue weighted by molar-refractivity contribution is 5.32. The van der Waals surface area contributed by atoms with Gasteiger partial charge in [-0.25, -0.2) is 0 Å². The molecule has 23 heavy (non-hydrogen) atoms. The number of hydrogen-bond donors (Lipinski definition) is 0. The largest absolute Gasteiger partial charge is 0.376 e. The molecule has 3 heterocycles. The molecule has 2 saturated heterocycles. The number of nitrogens with zero attached hydrogens (tertiary/aromatic N) is 5. The molecule has 0 N–H and O–H groups in total. The van der Waals surface area contributed by atoms with E-state index in [4.69, 9.17) is 4.74 Å². The first-order valence-electron chi connectivity index (χ1n) is 9.38. The summed E-state index contributed by atoms with van der Waals surface area (Å²) in [5, 5.41) is 8.97. The van der Waals surface area contributed by atoms with Gasteiger partial charge in [-0.3, -0.25) is 9.47 Å². The maximum Gasteiger partial charge on any atom is 0.227 e. The van der Waals surface area contributed by atoms with Gasteiger partial charge in [-0.05, 0) is 32.1 Å². The average molecular weight is 319 g/mol. The van der Waals surface area contributed by atoms with Crippen molar-refractivity contribution in [1.82, 2.24) is 19.7 Å². The molecule has 6 heteroatoms. The lowest BCUT2D eigenvalue weighted by Gasteiger charge is -2.35. The predicted molar refractivity (Wildman–Crippen MR) is 89.8 cm³/mol. The SMILES string of the molecule is CCc1nnc(N2CCN(C3CC3)CC2)n1CC1CCCCO1. The van der Waals surface area contributed by atoms with E-state index in [1.807, 2.05) is 0 Å². The van der Waals surface area contributed by atoms with Gasteiger partial charge in [0.15, 0.2) is 0 Å². The van der Waals surface area contributed by atoms with Crippen molar-refractivity contribution in [2.75, 3.05) is 37.7 Å². The second-order valence-electron chi connectivity index (χ2n) is 7.12. The summed E-state index contributed by atoms with van der Waals surface area (Å²) in [6.45, 7) is 8.46. The summed E-state index contributed by atoms with van der Waals surface area (Å²) >= 11 is 0. The zero-order valence-electron chi connectivity index (χ0n) is 14.3. The monoisotopic (exact) mass is 319 g/mol. The van der Waals surface area contributed by atoms with Crippen molar-refractivity contribution >= 4 is 5.95 Å². The molecule has 1 aromatic rings. The van der Waals surface area contributed by atoms with Gasteiger partial charge in [-0.1, -0.05) is 6.92 Å². The number of hydrogen-bond acceptors (Lipinski definition) is 5. The maximum absolute atomic E-state index is 5.95. The molecule has 1 aliphatic carbocycles. The summed E-state index contributed by atoms with van der Waals surface area (Å²) in [5.41, 5.74) is 0. The van der Waals surface area contributed by atoms with E-state index in [2.05, 4.69) is 31.5 Å². The van der Waals surface area contributed by atoms with Crippen molar-refractivity contribution < 1.29 is 4.74 Å². The molecular formula is C17H29N5O. The minimum atomic E-state index is 0.330. The second-order valence-corrected chi connectivity index (χ2v) is 7.12. The van der Waals surface area contributed by atoms with Gasteiger partial charge >= 0.3 is 0 Å². The predicted octanol–water partition coefficient (Wildman–Crippen LogP) is 1.69. The van der Waals surface area contributed by atoms with Crippen LogP contribution in [-0.2, 0) is 17.7 Å². The van der Waals surface area contributed by atoms with Gasteiger partial charge in [0.05, 0.1) is 12.6 Å². The van der Waals surface area contributed by atoms with Gasteiger partial charge in [0, 0.05) is 45.2 Å². The van der Waals surface area contributed by atoms with Crippen molar-refractivity contribution in [2.45, 2.75) is 64.1 Å². The number of aryl methyl sites for hydroxylation is 1. The van der Waals surface area contributed by atoms with Crippen LogP contribution < -0.4 is 4.90 Å². The first-order valence-corrected chi connectivity index (χ1v) is 9.38.